The molecule has 0 fully saturated rings. The molecule has 1 aromatic carbocycles. The van der Waals surface area contributed by atoms with Gasteiger partial charge in [-0.05, 0) is 52.1 Å². The van der Waals surface area contributed by atoms with Crippen LogP contribution in [0.1, 0.15) is 6.92 Å². The number of esters is 1. The van der Waals surface area contributed by atoms with E-state index in [-0.39, 0.29) is 0 Å². The maximum Gasteiger partial charge on any atom is 0.332 e. The monoisotopic (exact) mass is 370 g/mol. The minimum atomic E-state index is -0.424. The highest BCUT2D eigenvalue weighted by Gasteiger charge is 2.07. The first-order valence-electron chi connectivity index (χ1n) is 5.59. The van der Waals surface area contributed by atoms with Gasteiger partial charge in [0.15, 0.2) is 5.82 Å². The molecule has 0 saturated carbocycles. The van der Waals surface area contributed by atoms with E-state index in [1.54, 1.807) is 6.92 Å². The fourth-order valence-corrected chi connectivity index (χ4v) is 1.98. The third-order valence-corrected chi connectivity index (χ3v) is 2.89. The highest BCUT2D eigenvalue weighted by Crippen LogP contribution is 2.18. The van der Waals surface area contributed by atoms with E-state index in [4.69, 9.17) is 4.74 Å². The molecule has 2 aromatic rings. The number of ether oxygens (including phenoxy) is 1. The molecule has 0 aliphatic heterocycles. The van der Waals surface area contributed by atoms with Gasteiger partial charge >= 0.3 is 5.97 Å². The lowest BCUT2D eigenvalue weighted by Crippen LogP contribution is -2.01. The summed E-state index contributed by atoms with van der Waals surface area (Å²) in [6, 6.07) is 7.77. The van der Waals surface area contributed by atoms with E-state index in [0.717, 1.165) is 9.13 Å². The summed E-state index contributed by atoms with van der Waals surface area (Å²) in [5.41, 5.74) is 0.880. The highest BCUT2D eigenvalue weighted by atomic mass is 127. The summed E-state index contributed by atoms with van der Waals surface area (Å²) in [5, 5.41) is 11.4. The number of benzene rings is 1. The predicted molar refractivity (Wildman–Crippen MR) is 77.9 cm³/mol. The normalized spacial score (nSPS) is 10.8. The van der Waals surface area contributed by atoms with E-state index in [1.165, 1.54) is 17.0 Å². The van der Waals surface area contributed by atoms with E-state index in [1.807, 2.05) is 24.3 Å². The SMILES string of the molecule is CCOC(=O)/C=C\n1nnnc1-c1cccc(I)c1. The number of nitrogens with zero attached hydrogens (tertiary/aromatic N) is 4. The predicted octanol–water partition coefficient (Wildman–Crippen LogP) is 1.98. The lowest BCUT2D eigenvalue weighted by Gasteiger charge is -2.00. The van der Waals surface area contributed by atoms with Gasteiger partial charge < -0.3 is 4.74 Å². The second-order valence-electron chi connectivity index (χ2n) is 3.53. The standard InChI is InChI=1S/C12H11IN4O2/c1-2-19-11(18)6-7-17-12(14-15-16-17)9-4-3-5-10(13)8-9/h3-8H,2H2,1H3/b7-6-. The summed E-state index contributed by atoms with van der Waals surface area (Å²) in [5.74, 6) is 0.144. The van der Waals surface area contributed by atoms with Crippen LogP contribution in [0.15, 0.2) is 30.3 Å². The zero-order valence-electron chi connectivity index (χ0n) is 10.2. The molecule has 7 heteroatoms. The van der Waals surface area contributed by atoms with Gasteiger partial charge in [0, 0.05) is 21.4 Å². The van der Waals surface area contributed by atoms with Crippen molar-refractivity contribution in [3.05, 3.63) is 33.9 Å². The van der Waals surface area contributed by atoms with Gasteiger partial charge in [-0.15, -0.1) is 5.10 Å². The largest absolute Gasteiger partial charge is 0.463 e. The third-order valence-electron chi connectivity index (χ3n) is 2.21. The molecule has 0 spiro atoms. The van der Waals surface area contributed by atoms with Crippen molar-refractivity contribution in [3.8, 4) is 11.4 Å². The summed E-state index contributed by atoms with van der Waals surface area (Å²) in [6.45, 7) is 2.09. The molecule has 0 N–H and O–H groups in total. The van der Waals surface area contributed by atoms with Gasteiger partial charge in [0.1, 0.15) is 0 Å². The fraction of sp³-hybridized carbons (Fsp3) is 0.167. The Hall–Kier alpha value is -1.77. The van der Waals surface area contributed by atoms with Crippen LogP contribution in [-0.2, 0) is 9.53 Å². The second kappa shape index (κ2) is 6.41. The molecule has 0 saturated heterocycles. The third kappa shape index (κ3) is 3.60. The van der Waals surface area contributed by atoms with Crippen LogP contribution in [0.4, 0.5) is 0 Å². The molecular weight excluding hydrogens is 359 g/mol. The first-order chi connectivity index (χ1) is 9.20. The molecule has 0 radical (unpaired) electrons. The van der Waals surface area contributed by atoms with Crippen molar-refractivity contribution in [2.75, 3.05) is 6.61 Å². The Morgan fingerprint density at radius 3 is 3.11 bits per heavy atom. The molecule has 0 bridgehead atoms. The Balaban J connectivity index is 2.25. The highest BCUT2D eigenvalue weighted by molar-refractivity contribution is 14.1. The van der Waals surface area contributed by atoms with Crippen LogP contribution in [0.5, 0.6) is 0 Å². The van der Waals surface area contributed by atoms with E-state index in [9.17, 15) is 4.79 Å². The van der Waals surface area contributed by atoms with Crippen LogP contribution < -0.4 is 0 Å². The van der Waals surface area contributed by atoms with Crippen LogP contribution in [0.25, 0.3) is 17.6 Å². The molecule has 1 aromatic heterocycles. The summed E-state index contributed by atoms with van der Waals surface area (Å²) < 4.78 is 7.31. The number of hydrogen-bond acceptors (Lipinski definition) is 5. The quantitative estimate of drug-likeness (QED) is 0.468. The fourth-order valence-electron chi connectivity index (χ4n) is 1.43. The number of carbonyl (C=O) groups excluding carboxylic acids is 1. The Labute approximate surface area is 123 Å². The second-order valence-corrected chi connectivity index (χ2v) is 4.77. The van der Waals surface area contributed by atoms with Crippen molar-refractivity contribution in [1.29, 1.82) is 0 Å². The van der Waals surface area contributed by atoms with Gasteiger partial charge in [0.05, 0.1) is 6.61 Å². The molecule has 1 heterocycles. The average Bonchev–Trinajstić information content (AvgIpc) is 2.85. The molecule has 2 rings (SSSR count). The lowest BCUT2D eigenvalue weighted by molar-refractivity contribution is -0.137. The summed E-state index contributed by atoms with van der Waals surface area (Å²) in [7, 11) is 0. The molecule has 6 nitrogen and oxygen atoms in total. The minimum absolute atomic E-state index is 0.336. The van der Waals surface area contributed by atoms with Crippen molar-refractivity contribution in [1.82, 2.24) is 20.2 Å². The summed E-state index contributed by atoms with van der Waals surface area (Å²) >= 11 is 2.22. The molecule has 0 unspecified atom stereocenters. The van der Waals surface area contributed by atoms with Crippen molar-refractivity contribution in [2.24, 2.45) is 0 Å². The van der Waals surface area contributed by atoms with E-state index in [2.05, 4.69) is 38.1 Å². The van der Waals surface area contributed by atoms with E-state index < -0.39 is 5.97 Å². The number of aromatic nitrogens is 4. The molecule has 0 aliphatic carbocycles. The molecule has 0 aliphatic rings. The first kappa shape index (κ1) is 13.7. The Bertz CT molecular complexity index is 609. The number of hydrogen-bond donors (Lipinski definition) is 0. The molecule has 0 amide bonds. The van der Waals surface area contributed by atoms with Crippen LogP contribution >= 0.6 is 22.6 Å². The maximum absolute atomic E-state index is 11.2. The van der Waals surface area contributed by atoms with Crippen molar-refractivity contribution >= 4 is 34.8 Å². The lowest BCUT2D eigenvalue weighted by atomic mass is 10.2. The van der Waals surface area contributed by atoms with Gasteiger partial charge in [-0.3, -0.25) is 0 Å². The zero-order valence-corrected chi connectivity index (χ0v) is 12.3. The van der Waals surface area contributed by atoms with Crippen molar-refractivity contribution in [2.45, 2.75) is 6.92 Å². The van der Waals surface area contributed by atoms with Crippen LogP contribution in [0.2, 0.25) is 0 Å². The zero-order chi connectivity index (χ0) is 13.7. The Kier molecular flexibility index (Phi) is 4.61. The first-order valence-corrected chi connectivity index (χ1v) is 6.67. The average molecular weight is 370 g/mol. The molecular formula is C12H11IN4O2. The molecule has 19 heavy (non-hydrogen) atoms. The number of rotatable bonds is 4. The molecule has 0 atom stereocenters. The van der Waals surface area contributed by atoms with Crippen LogP contribution in [-0.4, -0.2) is 32.8 Å². The van der Waals surface area contributed by atoms with Gasteiger partial charge in [0.25, 0.3) is 0 Å². The van der Waals surface area contributed by atoms with Crippen molar-refractivity contribution in [3.63, 3.8) is 0 Å². The van der Waals surface area contributed by atoms with Crippen LogP contribution in [0, 0.1) is 3.57 Å². The number of carbonyl (C=O) groups is 1. The Morgan fingerprint density at radius 1 is 1.53 bits per heavy atom. The van der Waals surface area contributed by atoms with Crippen LogP contribution in [0.3, 0.4) is 0 Å². The van der Waals surface area contributed by atoms with Crippen molar-refractivity contribution < 1.29 is 9.53 Å². The topological polar surface area (TPSA) is 69.9 Å². The van der Waals surface area contributed by atoms with Gasteiger partial charge in [-0.2, -0.15) is 4.68 Å². The van der Waals surface area contributed by atoms with Gasteiger partial charge in [-0.1, -0.05) is 12.1 Å². The van der Waals surface area contributed by atoms with E-state index in [0.29, 0.717) is 12.4 Å². The Morgan fingerprint density at radius 2 is 2.37 bits per heavy atom. The number of halogens is 1. The minimum Gasteiger partial charge on any atom is -0.463 e. The summed E-state index contributed by atoms with van der Waals surface area (Å²) in [4.78, 5) is 11.2. The molecule has 98 valence electrons. The smallest absolute Gasteiger partial charge is 0.332 e. The summed E-state index contributed by atoms with van der Waals surface area (Å²) in [6.07, 6.45) is 2.77. The van der Waals surface area contributed by atoms with Gasteiger partial charge in [-0.25, -0.2) is 4.79 Å². The van der Waals surface area contributed by atoms with E-state index >= 15 is 0 Å². The number of tetrazole rings is 1. The van der Waals surface area contributed by atoms with Gasteiger partial charge in [0.2, 0.25) is 0 Å². The maximum atomic E-state index is 11.2.